The number of hydrogen-bond donors (Lipinski definition) is 1. The van der Waals surface area contributed by atoms with E-state index in [1.807, 2.05) is 0 Å². The lowest BCUT2D eigenvalue weighted by Gasteiger charge is -2.14. The van der Waals surface area contributed by atoms with Gasteiger partial charge in [-0.1, -0.05) is 6.07 Å². The van der Waals surface area contributed by atoms with E-state index in [2.05, 4.69) is 10.3 Å². The summed E-state index contributed by atoms with van der Waals surface area (Å²) in [4.78, 5) is 16.4. The number of ether oxygens (including phenoxy) is 1. The first-order valence-corrected chi connectivity index (χ1v) is 10.1. The Morgan fingerprint density at radius 3 is 2.45 bits per heavy atom. The zero-order valence-corrected chi connectivity index (χ0v) is 17.6. The summed E-state index contributed by atoms with van der Waals surface area (Å²) in [6, 6.07) is 4.72. The first-order chi connectivity index (χ1) is 15.5. The van der Waals surface area contributed by atoms with Crippen LogP contribution in [-0.2, 0) is 6.18 Å². The normalized spacial score (nSPS) is 14.8. The molecule has 1 atom stereocenters. The molecule has 2 aromatic carbocycles. The molecular formula is C23H19F5N2O3. The van der Waals surface area contributed by atoms with Crippen LogP contribution in [0.5, 0.6) is 11.8 Å². The Morgan fingerprint density at radius 1 is 1.18 bits per heavy atom. The summed E-state index contributed by atoms with van der Waals surface area (Å²) in [6.07, 6.45) is -2.30. The smallest absolute Gasteiger partial charge is 0.416 e. The van der Waals surface area contributed by atoms with Gasteiger partial charge in [0.25, 0.3) is 5.91 Å². The van der Waals surface area contributed by atoms with Crippen LogP contribution in [-0.4, -0.2) is 10.9 Å². The van der Waals surface area contributed by atoms with E-state index in [0.29, 0.717) is 5.56 Å². The van der Waals surface area contributed by atoms with E-state index in [0.717, 1.165) is 43.4 Å². The molecule has 0 aliphatic heterocycles. The highest BCUT2D eigenvalue weighted by molar-refractivity contribution is 5.92. The van der Waals surface area contributed by atoms with E-state index in [1.54, 1.807) is 0 Å². The molecule has 3 aromatic rings. The van der Waals surface area contributed by atoms with E-state index in [1.165, 1.54) is 19.9 Å². The second kappa shape index (κ2) is 8.49. The summed E-state index contributed by atoms with van der Waals surface area (Å²) in [7, 11) is 0. The molecule has 174 valence electrons. The summed E-state index contributed by atoms with van der Waals surface area (Å²) in [5, 5.41) is 2.53. The molecule has 4 rings (SSSR count). The van der Waals surface area contributed by atoms with Crippen molar-refractivity contribution in [1.29, 1.82) is 0 Å². The highest BCUT2D eigenvalue weighted by Crippen LogP contribution is 2.46. The highest BCUT2D eigenvalue weighted by Gasteiger charge is 2.34. The number of carbonyl (C=O) groups excluding carboxylic acids is 1. The second-order valence-electron chi connectivity index (χ2n) is 7.93. The maximum absolute atomic E-state index is 13.8. The number of hydrogen-bond acceptors (Lipinski definition) is 4. The van der Waals surface area contributed by atoms with Crippen LogP contribution in [0.2, 0.25) is 0 Å². The Labute approximate surface area is 185 Å². The van der Waals surface area contributed by atoms with E-state index < -0.39 is 41.4 Å². The van der Waals surface area contributed by atoms with Crippen molar-refractivity contribution < 1.29 is 35.9 Å². The van der Waals surface area contributed by atoms with Gasteiger partial charge in [0.05, 0.1) is 11.6 Å². The van der Waals surface area contributed by atoms with Crippen molar-refractivity contribution in [3.05, 3.63) is 76.2 Å². The highest BCUT2D eigenvalue weighted by atomic mass is 19.4. The van der Waals surface area contributed by atoms with Gasteiger partial charge in [-0.15, -0.1) is 0 Å². The lowest BCUT2D eigenvalue weighted by molar-refractivity contribution is -0.137. The Bertz CT molecular complexity index is 1180. The van der Waals surface area contributed by atoms with Crippen LogP contribution in [0, 0.1) is 18.6 Å². The molecule has 1 aliphatic carbocycles. The fourth-order valence-corrected chi connectivity index (χ4v) is 3.30. The van der Waals surface area contributed by atoms with E-state index in [-0.39, 0.29) is 28.5 Å². The largest absolute Gasteiger partial charge is 0.416 e. The first kappa shape index (κ1) is 22.8. The minimum absolute atomic E-state index is 0.0416. The molecule has 1 amide bonds. The summed E-state index contributed by atoms with van der Waals surface area (Å²) in [5.74, 6) is -2.14. The minimum Gasteiger partial charge on any atom is -0.416 e. The fourth-order valence-electron chi connectivity index (χ4n) is 3.30. The van der Waals surface area contributed by atoms with Gasteiger partial charge in [0.15, 0.2) is 5.69 Å². The summed E-state index contributed by atoms with van der Waals surface area (Å²) in [6.45, 7) is 2.83. The molecule has 33 heavy (non-hydrogen) atoms. The van der Waals surface area contributed by atoms with E-state index in [4.69, 9.17) is 9.15 Å². The summed E-state index contributed by atoms with van der Waals surface area (Å²) < 4.78 is 77.5. The Kier molecular flexibility index (Phi) is 5.85. The van der Waals surface area contributed by atoms with E-state index >= 15 is 0 Å². The van der Waals surface area contributed by atoms with Crippen LogP contribution in [0.25, 0.3) is 0 Å². The molecule has 1 heterocycles. The molecule has 0 spiro atoms. The van der Waals surface area contributed by atoms with Crippen molar-refractivity contribution in [2.24, 2.45) is 0 Å². The van der Waals surface area contributed by atoms with Gasteiger partial charge < -0.3 is 14.5 Å². The molecule has 5 nitrogen and oxygen atoms in total. The number of nitrogens with one attached hydrogen (secondary N) is 1. The molecule has 0 bridgehead atoms. The molecule has 0 saturated heterocycles. The van der Waals surface area contributed by atoms with Gasteiger partial charge in [-0.3, -0.25) is 4.79 Å². The Balaban J connectivity index is 1.50. The lowest BCUT2D eigenvalue weighted by atomic mass is 10.1. The molecule has 1 saturated carbocycles. The van der Waals surface area contributed by atoms with Gasteiger partial charge in [-0.05, 0) is 68.0 Å². The van der Waals surface area contributed by atoms with Crippen molar-refractivity contribution in [2.75, 3.05) is 0 Å². The molecule has 1 aliphatic rings. The molecule has 1 aromatic heterocycles. The maximum atomic E-state index is 13.8. The monoisotopic (exact) mass is 466 g/mol. The van der Waals surface area contributed by atoms with Crippen molar-refractivity contribution in [1.82, 2.24) is 10.3 Å². The topological polar surface area (TPSA) is 64.4 Å². The number of carbonyl (C=O) groups is 1. The SMILES string of the molecule is Cc1c(F)cc([C@@H](C)NC(=O)c2coc(Oc3cc(C(F)(F)F)ccc3C3CC3)n2)cc1F. The van der Waals surface area contributed by atoms with Crippen molar-refractivity contribution in [3.8, 4) is 11.8 Å². The second-order valence-corrected chi connectivity index (χ2v) is 7.93. The average Bonchev–Trinajstić information content (AvgIpc) is 3.48. The number of halogens is 5. The zero-order valence-electron chi connectivity index (χ0n) is 17.6. The van der Waals surface area contributed by atoms with Crippen LogP contribution < -0.4 is 10.1 Å². The van der Waals surface area contributed by atoms with Crippen LogP contribution in [0.1, 0.15) is 64.5 Å². The van der Waals surface area contributed by atoms with Gasteiger partial charge in [0.2, 0.25) is 0 Å². The molecule has 1 fully saturated rings. The zero-order chi connectivity index (χ0) is 23.9. The van der Waals surface area contributed by atoms with Gasteiger partial charge in [0, 0.05) is 5.56 Å². The van der Waals surface area contributed by atoms with Crippen LogP contribution in [0.15, 0.2) is 41.0 Å². The summed E-state index contributed by atoms with van der Waals surface area (Å²) in [5.41, 5.74) is -0.399. The predicted octanol–water partition coefficient (Wildman–Crippen LogP) is 6.44. The Hall–Kier alpha value is -3.43. The third-order valence-corrected chi connectivity index (χ3v) is 5.42. The molecule has 0 radical (unpaired) electrons. The fraction of sp³-hybridized carbons (Fsp3) is 0.304. The predicted molar refractivity (Wildman–Crippen MR) is 107 cm³/mol. The van der Waals surface area contributed by atoms with Crippen LogP contribution in [0.3, 0.4) is 0 Å². The lowest BCUT2D eigenvalue weighted by Crippen LogP contribution is -2.27. The van der Waals surface area contributed by atoms with Crippen molar-refractivity contribution >= 4 is 5.91 Å². The number of amides is 1. The van der Waals surface area contributed by atoms with Crippen molar-refractivity contribution in [3.63, 3.8) is 0 Å². The van der Waals surface area contributed by atoms with Crippen LogP contribution >= 0.6 is 0 Å². The summed E-state index contributed by atoms with van der Waals surface area (Å²) >= 11 is 0. The molecule has 1 N–H and O–H groups in total. The maximum Gasteiger partial charge on any atom is 0.416 e. The van der Waals surface area contributed by atoms with Gasteiger partial charge in [0.1, 0.15) is 23.6 Å². The number of rotatable bonds is 6. The van der Waals surface area contributed by atoms with Gasteiger partial charge >= 0.3 is 12.3 Å². The molecule has 0 unspecified atom stereocenters. The molecule has 10 heteroatoms. The number of benzene rings is 2. The number of oxazole rings is 1. The average molecular weight is 466 g/mol. The third kappa shape index (κ3) is 4.99. The van der Waals surface area contributed by atoms with Crippen LogP contribution in [0.4, 0.5) is 22.0 Å². The third-order valence-electron chi connectivity index (χ3n) is 5.42. The van der Waals surface area contributed by atoms with Crippen molar-refractivity contribution in [2.45, 2.75) is 44.8 Å². The first-order valence-electron chi connectivity index (χ1n) is 10.1. The quantitative estimate of drug-likeness (QED) is 0.425. The van der Waals surface area contributed by atoms with Gasteiger partial charge in [-0.2, -0.15) is 18.2 Å². The number of aromatic nitrogens is 1. The standard InChI is InChI=1S/C23H19F5N2O3/c1-11-17(24)7-14(8-18(11)25)12(2)29-21(31)19-10-32-22(30-19)33-20-9-15(23(26,27)28)5-6-16(20)13-3-4-13/h5-10,12-13H,3-4H2,1-2H3,(H,29,31)/t12-/m1/s1. The number of nitrogens with zero attached hydrogens (tertiary/aromatic N) is 1. The Morgan fingerprint density at radius 2 is 1.85 bits per heavy atom. The van der Waals surface area contributed by atoms with E-state index in [9.17, 15) is 26.7 Å². The molecular weight excluding hydrogens is 447 g/mol. The minimum atomic E-state index is -4.55. The number of alkyl halides is 3. The van der Waals surface area contributed by atoms with Gasteiger partial charge in [-0.25, -0.2) is 8.78 Å².